The molecule has 0 fully saturated rings. The monoisotopic (exact) mass is 287 g/mol. The van der Waals surface area contributed by atoms with Crippen LogP contribution < -0.4 is 0 Å². The van der Waals surface area contributed by atoms with Crippen LogP contribution >= 0.6 is 0 Å². The maximum absolute atomic E-state index is 11.7. The Morgan fingerprint density at radius 2 is 1.95 bits per heavy atom. The number of hydrogen-bond donors (Lipinski definition) is 0. The largest absolute Gasteiger partial charge is 0.465 e. The maximum atomic E-state index is 11.7. The van der Waals surface area contributed by atoms with Crippen molar-refractivity contribution in [2.45, 2.75) is 19.8 Å². The second-order valence-electron chi connectivity index (χ2n) is 4.27. The van der Waals surface area contributed by atoms with Gasteiger partial charge in [-0.15, -0.1) is 0 Å². The third-order valence-electron chi connectivity index (χ3n) is 2.71. The number of carbonyl (C=O) groups excluding carboxylic acids is 2. The van der Waals surface area contributed by atoms with Crippen LogP contribution in [0.25, 0.3) is 6.08 Å². The van der Waals surface area contributed by atoms with E-state index in [4.69, 9.17) is 10.00 Å². The van der Waals surface area contributed by atoms with Gasteiger partial charge < -0.3 is 9.47 Å². The van der Waals surface area contributed by atoms with E-state index >= 15 is 0 Å². The highest BCUT2D eigenvalue weighted by atomic mass is 16.5. The molecule has 0 bridgehead atoms. The summed E-state index contributed by atoms with van der Waals surface area (Å²) in [6.45, 7) is 2.29. The molecule has 0 saturated heterocycles. The number of methoxy groups -OCH3 is 1. The Bertz CT molecular complexity index is 567. The van der Waals surface area contributed by atoms with E-state index in [9.17, 15) is 9.59 Å². The van der Waals surface area contributed by atoms with E-state index in [-0.39, 0.29) is 5.57 Å². The van der Waals surface area contributed by atoms with Gasteiger partial charge in [-0.3, -0.25) is 0 Å². The van der Waals surface area contributed by atoms with Crippen molar-refractivity contribution in [3.63, 3.8) is 0 Å². The van der Waals surface area contributed by atoms with Crippen molar-refractivity contribution in [3.05, 3.63) is 41.0 Å². The van der Waals surface area contributed by atoms with Crippen LogP contribution in [0.5, 0.6) is 0 Å². The standard InChI is InChI=1S/C16H17NO4/c1-3-4-9-21-16(19)14(11-17)10-12-5-7-13(8-6-12)15(18)20-2/h5-8,10H,3-4,9H2,1-2H3/b14-10+. The minimum absolute atomic E-state index is 0.0723. The SMILES string of the molecule is CCCCOC(=O)/C(C#N)=C/c1ccc(C(=O)OC)cc1. The van der Waals surface area contributed by atoms with Gasteiger partial charge in [0.1, 0.15) is 11.6 Å². The first kappa shape index (κ1) is 16.4. The lowest BCUT2D eigenvalue weighted by Gasteiger charge is -2.03. The summed E-state index contributed by atoms with van der Waals surface area (Å²) in [5, 5.41) is 9.00. The Morgan fingerprint density at radius 1 is 1.29 bits per heavy atom. The fourth-order valence-corrected chi connectivity index (χ4v) is 1.52. The molecule has 0 aliphatic rings. The molecule has 0 aliphatic carbocycles. The molecule has 0 heterocycles. The van der Waals surface area contributed by atoms with Crippen LogP contribution in [-0.4, -0.2) is 25.7 Å². The zero-order valence-electron chi connectivity index (χ0n) is 12.1. The normalized spacial score (nSPS) is 10.6. The van der Waals surface area contributed by atoms with Crippen LogP contribution in [0, 0.1) is 11.3 Å². The average molecular weight is 287 g/mol. The van der Waals surface area contributed by atoms with E-state index in [2.05, 4.69) is 4.74 Å². The van der Waals surface area contributed by atoms with Gasteiger partial charge in [-0.2, -0.15) is 5.26 Å². The van der Waals surface area contributed by atoms with Gasteiger partial charge in [0.15, 0.2) is 0 Å². The number of carbonyl (C=O) groups is 2. The third-order valence-corrected chi connectivity index (χ3v) is 2.71. The predicted molar refractivity (Wildman–Crippen MR) is 77.2 cm³/mol. The van der Waals surface area contributed by atoms with E-state index in [1.807, 2.05) is 13.0 Å². The highest BCUT2D eigenvalue weighted by Gasteiger charge is 2.10. The third kappa shape index (κ3) is 5.11. The van der Waals surface area contributed by atoms with E-state index in [1.54, 1.807) is 24.3 Å². The molecule has 0 aromatic heterocycles. The summed E-state index contributed by atoms with van der Waals surface area (Å²) < 4.78 is 9.57. The molecule has 0 N–H and O–H groups in total. The van der Waals surface area contributed by atoms with Gasteiger partial charge in [-0.25, -0.2) is 9.59 Å². The number of benzene rings is 1. The molecule has 1 aromatic carbocycles. The topological polar surface area (TPSA) is 76.4 Å². The summed E-state index contributed by atoms with van der Waals surface area (Å²) in [5.41, 5.74) is 0.960. The van der Waals surface area contributed by atoms with Crippen molar-refractivity contribution < 1.29 is 19.1 Å². The number of hydrogen-bond acceptors (Lipinski definition) is 5. The molecule has 5 heteroatoms. The van der Waals surface area contributed by atoms with Crippen molar-refractivity contribution in [2.24, 2.45) is 0 Å². The van der Waals surface area contributed by atoms with Crippen molar-refractivity contribution >= 4 is 18.0 Å². The molecule has 0 radical (unpaired) electrons. The zero-order valence-corrected chi connectivity index (χ0v) is 12.1. The quantitative estimate of drug-likeness (QED) is 0.348. The van der Waals surface area contributed by atoms with Crippen LogP contribution in [-0.2, 0) is 14.3 Å². The van der Waals surface area contributed by atoms with Crippen LogP contribution in [0.4, 0.5) is 0 Å². The fraction of sp³-hybridized carbons (Fsp3) is 0.312. The van der Waals surface area contributed by atoms with Gasteiger partial charge in [0, 0.05) is 0 Å². The molecule has 0 spiro atoms. The van der Waals surface area contributed by atoms with Gasteiger partial charge >= 0.3 is 11.9 Å². The summed E-state index contributed by atoms with van der Waals surface area (Å²) in [5.74, 6) is -1.08. The minimum atomic E-state index is -0.636. The zero-order chi connectivity index (χ0) is 15.7. The van der Waals surface area contributed by atoms with Crippen LogP contribution in [0.2, 0.25) is 0 Å². The van der Waals surface area contributed by atoms with Gasteiger partial charge in [0.2, 0.25) is 0 Å². The van der Waals surface area contributed by atoms with Gasteiger partial charge in [0.05, 0.1) is 19.3 Å². The van der Waals surface area contributed by atoms with Gasteiger partial charge in [0.25, 0.3) is 0 Å². The Balaban J connectivity index is 2.81. The van der Waals surface area contributed by atoms with Crippen LogP contribution in [0.15, 0.2) is 29.8 Å². The summed E-state index contributed by atoms with van der Waals surface area (Å²) in [6, 6.07) is 8.21. The van der Waals surface area contributed by atoms with Gasteiger partial charge in [-0.1, -0.05) is 25.5 Å². The van der Waals surface area contributed by atoms with Crippen LogP contribution in [0.1, 0.15) is 35.7 Å². The molecule has 0 unspecified atom stereocenters. The number of nitriles is 1. The molecule has 1 rings (SSSR count). The van der Waals surface area contributed by atoms with E-state index < -0.39 is 11.9 Å². The Labute approximate surface area is 123 Å². The predicted octanol–water partition coefficient (Wildman–Crippen LogP) is 2.72. The average Bonchev–Trinajstić information content (AvgIpc) is 2.52. The molecule has 110 valence electrons. The number of unbranched alkanes of at least 4 members (excludes halogenated alkanes) is 1. The molecule has 5 nitrogen and oxygen atoms in total. The highest BCUT2D eigenvalue weighted by molar-refractivity contribution is 5.98. The Hall–Kier alpha value is -2.61. The molecule has 0 aliphatic heterocycles. The molecule has 21 heavy (non-hydrogen) atoms. The number of esters is 2. The summed E-state index contributed by atoms with van der Waals surface area (Å²) in [7, 11) is 1.30. The molecular weight excluding hydrogens is 270 g/mol. The fourth-order valence-electron chi connectivity index (χ4n) is 1.52. The summed E-state index contributed by atoms with van der Waals surface area (Å²) >= 11 is 0. The number of nitrogens with zero attached hydrogens (tertiary/aromatic N) is 1. The maximum Gasteiger partial charge on any atom is 0.348 e. The number of ether oxygens (including phenoxy) is 2. The first-order valence-corrected chi connectivity index (χ1v) is 6.59. The smallest absolute Gasteiger partial charge is 0.348 e. The van der Waals surface area contributed by atoms with Crippen molar-refractivity contribution in [1.82, 2.24) is 0 Å². The van der Waals surface area contributed by atoms with E-state index in [1.165, 1.54) is 13.2 Å². The summed E-state index contributed by atoms with van der Waals surface area (Å²) in [6.07, 6.45) is 3.10. The molecule has 0 saturated carbocycles. The first-order valence-electron chi connectivity index (χ1n) is 6.59. The lowest BCUT2D eigenvalue weighted by atomic mass is 10.1. The Kier molecular flexibility index (Phi) is 6.69. The lowest BCUT2D eigenvalue weighted by Crippen LogP contribution is -2.07. The first-order chi connectivity index (χ1) is 10.1. The molecule has 1 aromatic rings. The molecular formula is C16H17NO4. The highest BCUT2D eigenvalue weighted by Crippen LogP contribution is 2.11. The summed E-state index contributed by atoms with van der Waals surface area (Å²) in [4.78, 5) is 23.0. The van der Waals surface area contributed by atoms with Gasteiger partial charge in [-0.05, 0) is 30.2 Å². The second kappa shape index (κ2) is 8.54. The molecule has 0 amide bonds. The van der Waals surface area contributed by atoms with E-state index in [0.29, 0.717) is 17.7 Å². The second-order valence-corrected chi connectivity index (χ2v) is 4.27. The minimum Gasteiger partial charge on any atom is -0.465 e. The van der Waals surface area contributed by atoms with Crippen molar-refractivity contribution in [2.75, 3.05) is 13.7 Å². The van der Waals surface area contributed by atoms with Crippen LogP contribution in [0.3, 0.4) is 0 Å². The van der Waals surface area contributed by atoms with Crippen molar-refractivity contribution in [1.29, 1.82) is 5.26 Å². The van der Waals surface area contributed by atoms with Crippen molar-refractivity contribution in [3.8, 4) is 6.07 Å². The molecule has 0 atom stereocenters. The Morgan fingerprint density at radius 3 is 2.48 bits per heavy atom. The van der Waals surface area contributed by atoms with E-state index in [0.717, 1.165) is 12.8 Å². The lowest BCUT2D eigenvalue weighted by molar-refractivity contribution is -0.138. The number of rotatable bonds is 6.